The van der Waals surface area contributed by atoms with Gasteiger partial charge in [0.2, 0.25) is 0 Å². The lowest BCUT2D eigenvalue weighted by molar-refractivity contribution is 1.66. The predicted molar refractivity (Wildman–Crippen MR) is 190 cm³/mol. The minimum atomic E-state index is 1.24. The van der Waals surface area contributed by atoms with E-state index in [0.29, 0.717) is 0 Å². The lowest BCUT2D eigenvalue weighted by atomic mass is 9.86. The molecule has 0 radical (unpaired) electrons. The van der Waals surface area contributed by atoms with E-state index >= 15 is 0 Å². The van der Waals surface area contributed by atoms with Gasteiger partial charge in [0.1, 0.15) is 0 Å². The van der Waals surface area contributed by atoms with Crippen molar-refractivity contribution in [3.8, 4) is 33.4 Å². The molecule has 9 rings (SSSR count). The molecule has 0 heteroatoms. The summed E-state index contributed by atoms with van der Waals surface area (Å²) in [5, 5.41) is 12.7. The van der Waals surface area contributed by atoms with Gasteiger partial charge >= 0.3 is 0 Å². The summed E-state index contributed by atoms with van der Waals surface area (Å²) >= 11 is 0. The summed E-state index contributed by atoms with van der Waals surface area (Å²) < 4.78 is 0. The fraction of sp³-hybridized carbons (Fsp3) is 0. The largest absolute Gasteiger partial charge is 0.0616 e. The van der Waals surface area contributed by atoms with Crippen LogP contribution in [0.5, 0.6) is 0 Å². The van der Waals surface area contributed by atoms with Crippen LogP contribution in [0.15, 0.2) is 170 Å². The van der Waals surface area contributed by atoms with Crippen molar-refractivity contribution in [2.75, 3.05) is 0 Å². The lowest BCUT2D eigenvalue weighted by Crippen LogP contribution is -1.90. The maximum Gasteiger partial charge on any atom is -0.00204 e. The van der Waals surface area contributed by atoms with Crippen LogP contribution in [0, 0.1) is 0 Å². The van der Waals surface area contributed by atoms with Crippen molar-refractivity contribution in [2.24, 2.45) is 0 Å². The molecular weight excluding hydrogens is 528 g/mol. The molecule has 0 heterocycles. The molecule has 0 fully saturated rings. The third-order valence-corrected chi connectivity index (χ3v) is 9.21. The molecule has 0 spiro atoms. The third kappa shape index (κ3) is 3.92. The second kappa shape index (κ2) is 9.93. The molecule has 0 N–H and O–H groups in total. The van der Waals surface area contributed by atoms with Crippen LogP contribution in [0.2, 0.25) is 0 Å². The van der Waals surface area contributed by atoms with Gasteiger partial charge in [-0.3, -0.25) is 0 Å². The number of benzene rings is 9. The Kier molecular flexibility index (Phi) is 5.61. The van der Waals surface area contributed by atoms with E-state index in [0.717, 1.165) is 0 Å². The van der Waals surface area contributed by atoms with Gasteiger partial charge < -0.3 is 0 Å². The normalized spacial score (nSPS) is 11.6. The molecule has 0 amide bonds. The van der Waals surface area contributed by atoms with Crippen LogP contribution >= 0.6 is 0 Å². The highest BCUT2D eigenvalue weighted by Gasteiger charge is 2.16. The van der Waals surface area contributed by atoms with Crippen LogP contribution in [-0.4, -0.2) is 0 Å². The fourth-order valence-electron chi connectivity index (χ4n) is 7.14. The van der Waals surface area contributed by atoms with Crippen LogP contribution < -0.4 is 0 Å². The van der Waals surface area contributed by atoms with Crippen molar-refractivity contribution in [1.29, 1.82) is 0 Å². The summed E-state index contributed by atoms with van der Waals surface area (Å²) in [4.78, 5) is 0. The molecule has 0 unspecified atom stereocenters. The number of fused-ring (bicyclic) bond motifs is 5. The molecule has 0 aliphatic rings. The Bertz CT molecular complexity index is 2540. The molecule has 0 aliphatic heterocycles. The zero-order chi connectivity index (χ0) is 29.0. The van der Waals surface area contributed by atoms with Gasteiger partial charge in [-0.05, 0) is 105 Å². The summed E-state index contributed by atoms with van der Waals surface area (Å²) in [5.74, 6) is 0. The van der Waals surface area contributed by atoms with Crippen molar-refractivity contribution in [3.63, 3.8) is 0 Å². The molecule has 0 atom stereocenters. The van der Waals surface area contributed by atoms with Crippen molar-refractivity contribution in [3.05, 3.63) is 170 Å². The highest BCUT2D eigenvalue weighted by Crippen LogP contribution is 2.43. The first-order valence-corrected chi connectivity index (χ1v) is 15.3. The Morgan fingerprint density at radius 2 is 0.705 bits per heavy atom. The number of rotatable bonds is 3. The number of hydrogen-bond acceptors (Lipinski definition) is 0. The Balaban J connectivity index is 1.36. The van der Waals surface area contributed by atoms with Gasteiger partial charge in [0, 0.05) is 0 Å². The van der Waals surface area contributed by atoms with Crippen molar-refractivity contribution in [2.45, 2.75) is 0 Å². The highest BCUT2D eigenvalue weighted by atomic mass is 14.2. The molecule has 9 aromatic carbocycles. The zero-order valence-electron chi connectivity index (χ0n) is 24.2. The molecule has 0 aliphatic carbocycles. The number of hydrogen-bond donors (Lipinski definition) is 0. The molecule has 0 bridgehead atoms. The van der Waals surface area contributed by atoms with Gasteiger partial charge in [0.25, 0.3) is 0 Å². The van der Waals surface area contributed by atoms with Gasteiger partial charge in [-0.25, -0.2) is 0 Å². The Morgan fingerprint density at radius 1 is 0.227 bits per heavy atom. The molecule has 44 heavy (non-hydrogen) atoms. The maximum absolute atomic E-state index is 2.41. The second-order valence-electron chi connectivity index (χ2n) is 11.7. The van der Waals surface area contributed by atoms with Crippen molar-refractivity contribution in [1.82, 2.24) is 0 Å². The summed E-state index contributed by atoms with van der Waals surface area (Å²) in [5.41, 5.74) is 7.57. The van der Waals surface area contributed by atoms with Crippen LogP contribution in [-0.2, 0) is 0 Å². The monoisotopic (exact) mass is 556 g/mol. The predicted octanol–water partition coefficient (Wildman–Crippen LogP) is 12.5. The van der Waals surface area contributed by atoms with E-state index in [-0.39, 0.29) is 0 Å². The van der Waals surface area contributed by atoms with Gasteiger partial charge in [-0.2, -0.15) is 0 Å². The molecule has 0 saturated heterocycles. The molecular formula is C44H28. The van der Waals surface area contributed by atoms with E-state index in [2.05, 4.69) is 170 Å². The molecule has 0 nitrogen and oxygen atoms in total. The van der Waals surface area contributed by atoms with Crippen LogP contribution in [0.3, 0.4) is 0 Å². The SMILES string of the molecule is c1ccc2c(-c3ccc4c(-c5cccc6ccccc56)c5cc(-c6cccc7ccccc67)ccc5cc4c3)cccc2c1. The van der Waals surface area contributed by atoms with Crippen molar-refractivity contribution < 1.29 is 0 Å². The highest BCUT2D eigenvalue weighted by molar-refractivity contribution is 6.18. The average molecular weight is 557 g/mol. The van der Waals surface area contributed by atoms with Crippen LogP contribution in [0.1, 0.15) is 0 Å². The smallest absolute Gasteiger partial charge is 0.00204 e. The molecule has 9 aromatic rings. The molecule has 204 valence electrons. The summed E-state index contributed by atoms with van der Waals surface area (Å²) in [7, 11) is 0. The standard InChI is InChI=1S/C44H28/c1-4-16-36-29(10-1)13-7-19-39(36)32-24-25-41-35(26-32)27-33-22-23-34(40-20-8-14-30-11-2-5-17-37(30)40)28-43(33)44(41)42-21-9-15-31-12-3-6-18-38(31)42/h1-28H. The van der Waals surface area contributed by atoms with Gasteiger partial charge in [0.15, 0.2) is 0 Å². The van der Waals surface area contributed by atoms with Gasteiger partial charge in [0.05, 0.1) is 0 Å². The molecule has 0 saturated carbocycles. The van der Waals surface area contributed by atoms with Crippen molar-refractivity contribution >= 4 is 53.9 Å². The van der Waals surface area contributed by atoms with Gasteiger partial charge in [-0.1, -0.05) is 152 Å². The first-order valence-electron chi connectivity index (χ1n) is 15.3. The molecule has 0 aromatic heterocycles. The maximum atomic E-state index is 2.41. The Morgan fingerprint density at radius 3 is 1.32 bits per heavy atom. The second-order valence-corrected chi connectivity index (χ2v) is 11.7. The van der Waals surface area contributed by atoms with E-state index in [1.165, 1.54) is 87.2 Å². The zero-order valence-corrected chi connectivity index (χ0v) is 24.2. The average Bonchev–Trinajstić information content (AvgIpc) is 3.09. The lowest BCUT2D eigenvalue weighted by Gasteiger charge is -2.17. The van der Waals surface area contributed by atoms with E-state index in [9.17, 15) is 0 Å². The van der Waals surface area contributed by atoms with E-state index in [4.69, 9.17) is 0 Å². The summed E-state index contributed by atoms with van der Waals surface area (Å²) in [6, 6.07) is 62.4. The van der Waals surface area contributed by atoms with Gasteiger partial charge in [-0.15, -0.1) is 0 Å². The topological polar surface area (TPSA) is 0 Å². The third-order valence-electron chi connectivity index (χ3n) is 9.21. The Labute approximate surface area is 256 Å². The van der Waals surface area contributed by atoms with E-state index in [1.54, 1.807) is 0 Å². The first kappa shape index (κ1) is 24.8. The fourth-order valence-corrected chi connectivity index (χ4v) is 7.14. The van der Waals surface area contributed by atoms with Crippen LogP contribution in [0.4, 0.5) is 0 Å². The first-order chi connectivity index (χ1) is 21.8. The minimum absolute atomic E-state index is 1.24. The summed E-state index contributed by atoms with van der Waals surface area (Å²) in [6.07, 6.45) is 0. The van der Waals surface area contributed by atoms with E-state index in [1.807, 2.05) is 0 Å². The quantitative estimate of drug-likeness (QED) is 0.190. The summed E-state index contributed by atoms with van der Waals surface area (Å²) in [6.45, 7) is 0. The van der Waals surface area contributed by atoms with E-state index < -0.39 is 0 Å². The minimum Gasteiger partial charge on any atom is -0.0616 e. The Hall–Kier alpha value is -5.72. The van der Waals surface area contributed by atoms with Crippen LogP contribution in [0.25, 0.3) is 87.2 Å².